The number of anilines is 1. The molecule has 0 atom stereocenters. The molecule has 2 aromatic rings. The Morgan fingerprint density at radius 3 is 2.57 bits per heavy atom. The molecule has 1 fully saturated rings. The molecule has 1 saturated heterocycles. The van der Waals surface area contributed by atoms with Crippen LogP contribution in [0.5, 0.6) is 0 Å². The molecule has 7 heteroatoms. The maximum Gasteiger partial charge on any atom is 0.282 e. The molecule has 1 amide bonds. The molecule has 0 aromatic carbocycles. The number of amides is 1. The van der Waals surface area contributed by atoms with Gasteiger partial charge in [-0.25, -0.2) is 8.78 Å². The number of pyridine rings is 1. The van der Waals surface area contributed by atoms with Crippen LogP contribution < -0.4 is 10.6 Å². The number of nitrogens with zero attached hydrogens (tertiary/aromatic N) is 3. The Balaban J connectivity index is 1.83. The summed E-state index contributed by atoms with van der Waals surface area (Å²) in [6.45, 7) is -0.548. The Morgan fingerprint density at radius 2 is 2.10 bits per heavy atom. The van der Waals surface area contributed by atoms with Gasteiger partial charge in [-0.05, 0) is 18.2 Å². The molecule has 2 N–H and O–H groups in total. The summed E-state index contributed by atoms with van der Waals surface area (Å²) in [5.74, 6) is -3.11. The van der Waals surface area contributed by atoms with Crippen LogP contribution in [-0.2, 0) is 7.05 Å². The molecule has 3 rings (SSSR count). The largest absolute Gasteiger partial charge is 0.366 e. The highest BCUT2D eigenvalue weighted by Gasteiger charge is 2.43. The van der Waals surface area contributed by atoms with Gasteiger partial charge in [0.05, 0.1) is 41.9 Å². The van der Waals surface area contributed by atoms with Crippen LogP contribution in [0.4, 0.5) is 14.5 Å². The fourth-order valence-electron chi connectivity index (χ4n) is 2.37. The molecule has 0 saturated carbocycles. The molecule has 21 heavy (non-hydrogen) atoms. The van der Waals surface area contributed by atoms with E-state index in [0.717, 1.165) is 5.69 Å². The predicted octanol–water partition coefficient (Wildman–Crippen LogP) is 1.64. The van der Waals surface area contributed by atoms with Crippen molar-refractivity contribution in [2.75, 3.05) is 18.0 Å². The van der Waals surface area contributed by atoms with Gasteiger partial charge in [0.15, 0.2) is 0 Å². The van der Waals surface area contributed by atoms with Gasteiger partial charge in [-0.15, -0.1) is 0 Å². The second-order valence-electron chi connectivity index (χ2n) is 5.20. The lowest BCUT2D eigenvalue weighted by Crippen LogP contribution is -2.56. The van der Waals surface area contributed by atoms with Gasteiger partial charge in [0.25, 0.3) is 5.92 Å². The summed E-state index contributed by atoms with van der Waals surface area (Å²) >= 11 is 0. The Bertz CT molecular complexity index is 685. The number of nitrogens with two attached hydrogens (primary N) is 1. The van der Waals surface area contributed by atoms with Crippen LogP contribution in [0.25, 0.3) is 11.4 Å². The van der Waals surface area contributed by atoms with Gasteiger partial charge in [0.2, 0.25) is 5.91 Å². The summed E-state index contributed by atoms with van der Waals surface area (Å²) in [4.78, 5) is 17.0. The van der Waals surface area contributed by atoms with E-state index in [1.54, 1.807) is 47.1 Å². The van der Waals surface area contributed by atoms with Crippen LogP contribution in [-0.4, -0.2) is 34.5 Å². The normalized spacial score (nSPS) is 16.6. The van der Waals surface area contributed by atoms with Crippen LogP contribution >= 0.6 is 0 Å². The third-order valence-corrected chi connectivity index (χ3v) is 3.51. The van der Waals surface area contributed by atoms with Gasteiger partial charge >= 0.3 is 0 Å². The molecule has 1 aliphatic rings. The number of primary amides is 1. The van der Waals surface area contributed by atoms with Crippen molar-refractivity contribution in [2.45, 2.75) is 5.92 Å². The molecule has 5 nitrogen and oxygen atoms in total. The third-order valence-electron chi connectivity index (χ3n) is 3.51. The second kappa shape index (κ2) is 4.54. The number of alkyl halides is 2. The molecule has 1 aliphatic heterocycles. The first-order chi connectivity index (χ1) is 9.85. The molecular weight excluding hydrogens is 278 g/mol. The third kappa shape index (κ3) is 2.46. The standard InChI is InChI=1S/C14H14F2N4O/c1-19-6-9(13(17)21)4-12(19)11-3-2-10(5-18-11)20-7-14(15,16)8-20/h2-6H,7-8H2,1H3,(H2,17,21). The number of carbonyl (C=O) groups is 1. The summed E-state index contributed by atoms with van der Waals surface area (Å²) in [5, 5.41) is 0. The number of hydrogen-bond acceptors (Lipinski definition) is 3. The van der Waals surface area contributed by atoms with Gasteiger partial charge in [-0.2, -0.15) is 0 Å². The first-order valence-electron chi connectivity index (χ1n) is 6.41. The Morgan fingerprint density at radius 1 is 1.38 bits per heavy atom. The van der Waals surface area contributed by atoms with E-state index in [-0.39, 0.29) is 13.1 Å². The molecule has 0 unspecified atom stereocenters. The van der Waals surface area contributed by atoms with E-state index in [0.29, 0.717) is 16.9 Å². The average Bonchev–Trinajstić information content (AvgIpc) is 2.78. The minimum atomic E-state index is -2.60. The van der Waals surface area contributed by atoms with Gasteiger partial charge in [0.1, 0.15) is 0 Å². The van der Waals surface area contributed by atoms with E-state index in [4.69, 9.17) is 5.73 Å². The smallest absolute Gasteiger partial charge is 0.282 e. The highest BCUT2D eigenvalue weighted by atomic mass is 19.3. The lowest BCUT2D eigenvalue weighted by Gasteiger charge is -2.40. The van der Waals surface area contributed by atoms with E-state index in [1.807, 2.05) is 0 Å². The number of halogens is 2. The first kappa shape index (κ1) is 13.5. The number of aromatic nitrogens is 2. The summed E-state index contributed by atoms with van der Waals surface area (Å²) in [7, 11) is 1.79. The minimum Gasteiger partial charge on any atom is -0.366 e. The molecule has 110 valence electrons. The first-order valence-corrected chi connectivity index (χ1v) is 6.41. The van der Waals surface area contributed by atoms with Crippen molar-refractivity contribution in [2.24, 2.45) is 12.8 Å². The summed E-state index contributed by atoms with van der Waals surface area (Å²) < 4.78 is 27.4. The molecule has 2 aromatic heterocycles. The van der Waals surface area contributed by atoms with E-state index in [1.165, 1.54) is 0 Å². The Hall–Kier alpha value is -2.44. The number of hydrogen-bond donors (Lipinski definition) is 1. The highest BCUT2D eigenvalue weighted by Crippen LogP contribution is 2.32. The maximum atomic E-state index is 12.8. The van der Waals surface area contributed by atoms with E-state index < -0.39 is 11.8 Å². The summed E-state index contributed by atoms with van der Waals surface area (Å²) in [6, 6.07) is 5.14. The topological polar surface area (TPSA) is 64.2 Å². The van der Waals surface area contributed by atoms with Gasteiger partial charge in [0, 0.05) is 13.2 Å². The van der Waals surface area contributed by atoms with Gasteiger partial charge < -0.3 is 15.2 Å². The van der Waals surface area contributed by atoms with Crippen molar-refractivity contribution in [3.8, 4) is 11.4 Å². The number of rotatable bonds is 3. The number of aryl methyl sites for hydroxylation is 1. The lowest BCUT2D eigenvalue weighted by molar-refractivity contribution is -0.0262. The molecule has 3 heterocycles. The van der Waals surface area contributed by atoms with Crippen LogP contribution in [0.15, 0.2) is 30.6 Å². The molecule has 0 spiro atoms. The Kier molecular flexibility index (Phi) is 2.93. The highest BCUT2D eigenvalue weighted by molar-refractivity contribution is 5.94. The lowest BCUT2D eigenvalue weighted by atomic mass is 10.1. The van der Waals surface area contributed by atoms with Crippen molar-refractivity contribution >= 4 is 11.6 Å². The zero-order chi connectivity index (χ0) is 15.2. The van der Waals surface area contributed by atoms with E-state index >= 15 is 0 Å². The van der Waals surface area contributed by atoms with Crippen molar-refractivity contribution in [3.63, 3.8) is 0 Å². The summed E-state index contributed by atoms with van der Waals surface area (Å²) in [5.41, 5.74) is 7.70. The maximum absolute atomic E-state index is 12.8. The predicted molar refractivity (Wildman–Crippen MR) is 74.3 cm³/mol. The fraction of sp³-hybridized carbons (Fsp3) is 0.286. The fourth-order valence-corrected chi connectivity index (χ4v) is 2.37. The zero-order valence-corrected chi connectivity index (χ0v) is 11.4. The van der Waals surface area contributed by atoms with Crippen molar-refractivity contribution in [3.05, 3.63) is 36.2 Å². The van der Waals surface area contributed by atoms with Crippen molar-refractivity contribution < 1.29 is 13.6 Å². The summed E-state index contributed by atoms with van der Waals surface area (Å²) in [6.07, 6.45) is 3.19. The molecular formula is C14H14F2N4O. The quantitative estimate of drug-likeness (QED) is 0.935. The van der Waals surface area contributed by atoms with Crippen LogP contribution in [0.2, 0.25) is 0 Å². The SMILES string of the molecule is Cn1cc(C(N)=O)cc1-c1ccc(N2CC(F)(F)C2)cn1. The van der Waals surface area contributed by atoms with Gasteiger partial charge in [-0.1, -0.05) is 0 Å². The van der Waals surface area contributed by atoms with Crippen LogP contribution in [0.1, 0.15) is 10.4 Å². The zero-order valence-electron chi connectivity index (χ0n) is 11.4. The van der Waals surface area contributed by atoms with Crippen molar-refractivity contribution in [1.29, 1.82) is 0 Å². The van der Waals surface area contributed by atoms with Crippen LogP contribution in [0.3, 0.4) is 0 Å². The van der Waals surface area contributed by atoms with E-state index in [2.05, 4.69) is 4.98 Å². The van der Waals surface area contributed by atoms with Gasteiger partial charge in [-0.3, -0.25) is 9.78 Å². The second-order valence-corrected chi connectivity index (χ2v) is 5.20. The number of carbonyl (C=O) groups excluding carboxylic acids is 1. The average molecular weight is 292 g/mol. The molecule has 0 radical (unpaired) electrons. The van der Waals surface area contributed by atoms with Crippen LogP contribution in [0, 0.1) is 0 Å². The van der Waals surface area contributed by atoms with E-state index in [9.17, 15) is 13.6 Å². The molecule has 0 bridgehead atoms. The molecule has 0 aliphatic carbocycles. The minimum absolute atomic E-state index is 0.274. The van der Waals surface area contributed by atoms with Crippen molar-refractivity contribution in [1.82, 2.24) is 9.55 Å². The Labute approximate surface area is 120 Å². The monoisotopic (exact) mass is 292 g/mol.